The van der Waals surface area contributed by atoms with E-state index in [9.17, 15) is 0 Å². The first-order chi connectivity index (χ1) is 6.07. The Labute approximate surface area is 81.3 Å². The van der Waals surface area contributed by atoms with Crippen LogP contribution in [0.25, 0.3) is 0 Å². The molecule has 0 radical (unpaired) electrons. The second-order valence-electron chi connectivity index (χ2n) is 5.36. The molecule has 0 spiro atoms. The molecule has 0 aromatic heterocycles. The minimum absolute atomic E-state index is 0.317. The van der Waals surface area contributed by atoms with E-state index >= 15 is 0 Å². The first-order valence-corrected chi connectivity index (χ1v) is 5.46. The van der Waals surface area contributed by atoms with E-state index in [4.69, 9.17) is 4.74 Å². The Hall–Kier alpha value is -0.0800. The van der Waals surface area contributed by atoms with Gasteiger partial charge in [0, 0.05) is 18.1 Å². The van der Waals surface area contributed by atoms with Crippen molar-refractivity contribution in [2.75, 3.05) is 13.2 Å². The topological polar surface area (TPSA) is 12.5 Å². The highest BCUT2D eigenvalue weighted by Gasteiger charge is 2.37. The molecule has 0 aromatic carbocycles. The summed E-state index contributed by atoms with van der Waals surface area (Å²) < 4.78 is 5.79. The molecule has 0 amide bonds. The van der Waals surface area contributed by atoms with Crippen LogP contribution in [0.1, 0.15) is 40.0 Å². The Morgan fingerprint density at radius 3 is 2.69 bits per heavy atom. The van der Waals surface area contributed by atoms with Crippen molar-refractivity contribution in [2.45, 2.75) is 57.7 Å². The highest BCUT2D eigenvalue weighted by molar-refractivity contribution is 4.91. The average Bonchev–Trinajstić information content (AvgIpc) is 2.35. The zero-order chi connectivity index (χ0) is 9.47. The summed E-state index contributed by atoms with van der Waals surface area (Å²) in [6, 6.07) is 0.679. The molecule has 3 heterocycles. The molecular formula is C11H21NO. The van der Waals surface area contributed by atoms with Crippen LogP contribution in [0.5, 0.6) is 0 Å². The van der Waals surface area contributed by atoms with Gasteiger partial charge in [-0.25, -0.2) is 0 Å². The number of hydrogen-bond donors (Lipinski definition) is 0. The lowest BCUT2D eigenvalue weighted by Crippen LogP contribution is -2.55. The minimum atomic E-state index is 0.317. The summed E-state index contributed by atoms with van der Waals surface area (Å²) in [5.74, 6) is 0. The van der Waals surface area contributed by atoms with E-state index in [-0.39, 0.29) is 0 Å². The van der Waals surface area contributed by atoms with E-state index in [1.165, 1.54) is 19.3 Å². The standard InChI is InChI=1S/C11H21NO/c1-11(2,3)12-7-10-6-4-5-9(12)8-13-10/h9-10H,4-8H2,1-3H3/t9-,10?/m1/s1. The highest BCUT2D eigenvalue weighted by Crippen LogP contribution is 2.30. The number of ether oxygens (including phenoxy) is 1. The van der Waals surface area contributed by atoms with Gasteiger partial charge in [0.15, 0.2) is 0 Å². The molecule has 3 aliphatic heterocycles. The SMILES string of the molecule is CC(C)(C)N1CC2CCC[C@@H]1CO2. The van der Waals surface area contributed by atoms with Gasteiger partial charge in [-0.1, -0.05) is 0 Å². The summed E-state index contributed by atoms with van der Waals surface area (Å²) in [7, 11) is 0. The largest absolute Gasteiger partial charge is 0.375 e. The lowest BCUT2D eigenvalue weighted by Gasteiger charge is -2.45. The maximum absolute atomic E-state index is 5.79. The van der Waals surface area contributed by atoms with Gasteiger partial charge in [0.2, 0.25) is 0 Å². The average molecular weight is 183 g/mol. The fraction of sp³-hybridized carbons (Fsp3) is 1.00. The van der Waals surface area contributed by atoms with Crippen molar-refractivity contribution in [3.63, 3.8) is 0 Å². The molecule has 0 saturated carbocycles. The second kappa shape index (κ2) is 3.25. The first-order valence-electron chi connectivity index (χ1n) is 5.46. The van der Waals surface area contributed by atoms with Gasteiger partial charge in [-0.15, -0.1) is 0 Å². The molecule has 2 atom stereocenters. The molecule has 2 bridgehead atoms. The van der Waals surface area contributed by atoms with Crippen LogP contribution < -0.4 is 0 Å². The maximum atomic E-state index is 5.79. The molecular weight excluding hydrogens is 162 g/mol. The lowest BCUT2D eigenvalue weighted by molar-refractivity contribution is -0.0819. The number of nitrogens with zero attached hydrogens (tertiary/aromatic N) is 1. The van der Waals surface area contributed by atoms with E-state index in [1.807, 2.05) is 0 Å². The minimum Gasteiger partial charge on any atom is -0.375 e. The molecule has 0 aliphatic carbocycles. The normalized spacial score (nSPS) is 36.2. The van der Waals surface area contributed by atoms with Crippen LogP contribution in [0.15, 0.2) is 0 Å². The van der Waals surface area contributed by atoms with Crippen LogP contribution in [-0.4, -0.2) is 35.7 Å². The molecule has 2 heteroatoms. The van der Waals surface area contributed by atoms with Crippen molar-refractivity contribution in [1.29, 1.82) is 0 Å². The van der Waals surface area contributed by atoms with E-state index < -0.39 is 0 Å². The van der Waals surface area contributed by atoms with E-state index in [0.717, 1.165) is 13.2 Å². The predicted octanol–water partition coefficient (Wildman–Crippen LogP) is 2.04. The summed E-state index contributed by atoms with van der Waals surface area (Å²) in [4.78, 5) is 2.63. The Kier molecular flexibility index (Phi) is 2.37. The fourth-order valence-corrected chi connectivity index (χ4v) is 2.57. The molecule has 3 fully saturated rings. The van der Waals surface area contributed by atoms with Gasteiger partial charge >= 0.3 is 0 Å². The van der Waals surface area contributed by atoms with Crippen LogP contribution >= 0.6 is 0 Å². The van der Waals surface area contributed by atoms with Gasteiger partial charge in [0.1, 0.15) is 0 Å². The summed E-state index contributed by atoms with van der Waals surface area (Å²) in [5.41, 5.74) is 0.317. The summed E-state index contributed by atoms with van der Waals surface area (Å²) in [5, 5.41) is 0. The monoisotopic (exact) mass is 183 g/mol. The molecule has 0 N–H and O–H groups in total. The number of rotatable bonds is 0. The second-order valence-corrected chi connectivity index (χ2v) is 5.36. The number of fused-ring (bicyclic) bond motifs is 4. The zero-order valence-corrected chi connectivity index (χ0v) is 9.05. The molecule has 76 valence electrons. The van der Waals surface area contributed by atoms with Crippen LogP contribution in [-0.2, 0) is 4.74 Å². The molecule has 0 aromatic rings. The quantitative estimate of drug-likeness (QED) is 0.570. The maximum Gasteiger partial charge on any atom is 0.0703 e. The van der Waals surface area contributed by atoms with Gasteiger partial charge < -0.3 is 4.74 Å². The van der Waals surface area contributed by atoms with Gasteiger partial charge in [-0.05, 0) is 40.0 Å². The van der Waals surface area contributed by atoms with Gasteiger partial charge in [0.25, 0.3) is 0 Å². The van der Waals surface area contributed by atoms with E-state index in [1.54, 1.807) is 0 Å². The van der Waals surface area contributed by atoms with Crippen molar-refractivity contribution >= 4 is 0 Å². The third-order valence-corrected chi connectivity index (χ3v) is 3.29. The lowest BCUT2D eigenvalue weighted by atomic mass is 10.0. The van der Waals surface area contributed by atoms with Crippen molar-refractivity contribution < 1.29 is 4.74 Å². The van der Waals surface area contributed by atoms with Crippen LogP contribution in [0.3, 0.4) is 0 Å². The van der Waals surface area contributed by atoms with Gasteiger partial charge in [0.05, 0.1) is 12.7 Å². The smallest absolute Gasteiger partial charge is 0.0703 e. The molecule has 2 nitrogen and oxygen atoms in total. The van der Waals surface area contributed by atoms with Crippen molar-refractivity contribution in [2.24, 2.45) is 0 Å². The van der Waals surface area contributed by atoms with E-state index in [0.29, 0.717) is 17.7 Å². The molecule has 3 rings (SSSR count). The molecule has 3 saturated heterocycles. The first kappa shape index (κ1) is 9.47. The van der Waals surface area contributed by atoms with E-state index in [2.05, 4.69) is 25.7 Å². The highest BCUT2D eigenvalue weighted by atomic mass is 16.5. The summed E-state index contributed by atoms with van der Waals surface area (Å²) in [6.07, 6.45) is 4.46. The summed E-state index contributed by atoms with van der Waals surface area (Å²) >= 11 is 0. The van der Waals surface area contributed by atoms with Gasteiger partial charge in [-0.2, -0.15) is 0 Å². The van der Waals surface area contributed by atoms with Crippen LogP contribution in [0.2, 0.25) is 0 Å². The Morgan fingerprint density at radius 2 is 2.00 bits per heavy atom. The number of morpholine rings is 1. The zero-order valence-electron chi connectivity index (χ0n) is 9.05. The fourth-order valence-electron chi connectivity index (χ4n) is 2.57. The number of hydrogen-bond acceptors (Lipinski definition) is 2. The Bertz CT molecular complexity index is 181. The summed E-state index contributed by atoms with van der Waals surface area (Å²) in [6.45, 7) is 9.05. The van der Waals surface area contributed by atoms with Crippen LogP contribution in [0.4, 0.5) is 0 Å². The molecule has 1 unspecified atom stereocenters. The predicted molar refractivity (Wildman–Crippen MR) is 53.8 cm³/mol. The third kappa shape index (κ3) is 1.89. The molecule has 3 aliphatic rings. The van der Waals surface area contributed by atoms with Crippen molar-refractivity contribution in [3.05, 3.63) is 0 Å². The molecule has 13 heavy (non-hydrogen) atoms. The van der Waals surface area contributed by atoms with Gasteiger partial charge in [-0.3, -0.25) is 4.90 Å². The van der Waals surface area contributed by atoms with Crippen LogP contribution in [0, 0.1) is 0 Å². The Morgan fingerprint density at radius 1 is 1.23 bits per heavy atom. The Balaban J connectivity index is 2.12. The third-order valence-electron chi connectivity index (χ3n) is 3.29. The van der Waals surface area contributed by atoms with Crippen molar-refractivity contribution in [1.82, 2.24) is 4.90 Å². The van der Waals surface area contributed by atoms with Crippen molar-refractivity contribution in [3.8, 4) is 0 Å².